The van der Waals surface area contributed by atoms with E-state index in [1.54, 1.807) is 44.2 Å². The van der Waals surface area contributed by atoms with Crippen LogP contribution in [0.5, 0.6) is 0 Å². The molecule has 2 atom stereocenters. The van der Waals surface area contributed by atoms with E-state index in [4.69, 9.17) is 9.47 Å². The monoisotopic (exact) mass is 475 g/mol. The van der Waals surface area contributed by atoms with E-state index in [0.29, 0.717) is 5.56 Å². The molecule has 2 aromatic rings. The molecule has 2 amide bonds. The summed E-state index contributed by atoms with van der Waals surface area (Å²) < 4.78 is 37.8. The summed E-state index contributed by atoms with van der Waals surface area (Å²) in [5.74, 6) is -2.16. The molecule has 176 valence electrons. The van der Waals surface area contributed by atoms with Gasteiger partial charge in [0.05, 0.1) is 22.7 Å². The van der Waals surface area contributed by atoms with Crippen molar-refractivity contribution in [3.63, 3.8) is 0 Å². The predicted molar refractivity (Wildman–Crippen MR) is 118 cm³/mol. The topological polar surface area (TPSA) is 131 Å². The highest BCUT2D eigenvalue weighted by Gasteiger charge is 2.32. The number of ether oxygens (including phenoxy) is 2. The molecule has 2 aromatic carbocycles. The third-order valence-electron chi connectivity index (χ3n) is 4.78. The first-order chi connectivity index (χ1) is 15.7. The van der Waals surface area contributed by atoms with Crippen LogP contribution in [0.3, 0.4) is 0 Å². The number of esters is 1. The molecule has 0 unspecified atom stereocenters. The first-order valence-corrected chi connectivity index (χ1v) is 11.7. The lowest BCUT2D eigenvalue weighted by Gasteiger charge is -2.34. The van der Waals surface area contributed by atoms with Crippen molar-refractivity contribution in [3.05, 3.63) is 65.7 Å². The Balaban J connectivity index is 1.57. The summed E-state index contributed by atoms with van der Waals surface area (Å²) in [6, 6.07) is 13.6. The van der Waals surface area contributed by atoms with E-state index < -0.39 is 34.4 Å². The summed E-state index contributed by atoms with van der Waals surface area (Å²) in [5.41, 5.74) is 4.68. The Morgan fingerprint density at radius 3 is 2.27 bits per heavy atom. The van der Waals surface area contributed by atoms with Gasteiger partial charge in [0.1, 0.15) is 0 Å². The Kier molecular flexibility index (Phi) is 7.79. The average Bonchev–Trinajstić information content (AvgIpc) is 2.81. The van der Waals surface area contributed by atoms with Crippen molar-refractivity contribution in [2.24, 2.45) is 0 Å². The maximum atomic E-state index is 13.0. The van der Waals surface area contributed by atoms with Gasteiger partial charge in [0, 0.05) is 18.7 Å². The van der Waals surface area contributed by atoms with E-state index in [0.717, 1.165) is 0 Å². The van der Waals surface area contributed by atoms with E-state index in [1.807, 2.05) is 0 Å². The maximum Gasteiger partial charge on any atom is 0.338 e. The lowest BCUT2D eigenvalue weighted by molar-refractivity contribution is -0.125. The Labute approximate surface area is 191 Å². The number of benzene rings is 2. The number of hydrazine groups is 1. The van der Waals surface area contributed by atoms with Crippen LogP contribution < -0.4 is 10.9 Å². The summed E-state index contributed by atoms with van der Waals surface area (Å²) in [6.07, 6.45) is -0.505. The normalized spacial score (nSPS) is 18.8. The van der Waals surface area contributed by atoms with Gasteiger partial charge in [-0.15, -0.1) is 0 Å². The third-order valence-corrected chi connectivity index (χ3v) is 6.61. The number of hydrogen-bond acceptors (Lipinski definition) is 7. The van der Waals surface area contributed by atoms with Crippen LogP contribution in [0, 0.1) is 0 Å². The second-order valence-corrected chi connectivity index (χ2v) is 9.49. The van der Waals surface area contributed by atoms with Crippen molar-refractivity contribution in [2.75, 3.05) is 19.7 Å². The number of hydrogen-bond donors (Lipinski definition) is 2. The van der Waals surface area contributed by atoms with Gasteiger partial charge in [-0.1, -0.05) is 24.3 Å². The molecule has 0 saturated carbocycles. The molecule has 1 saturated heterocycles. The minimum absolute atomic E-state index is 0.0217. The maximum absolute atomic E-state index is 13.0. The molecule has 10 nitrogen and oxygen atoms in total. The fraction of sp³-hybridized carbons (Fsp3) is 0.318. The lowest BCUT2D eigenvalue weighted by atomic mass is 10.2. The van der Waals surface area contributed by atoms with Gasteiger partial charge in [0.15, 0.2) is 6.61 Å². The van der Waals surface area contributed by atoms with E-state index in [2.05, 4.69) is 10.9 Å². The SMILES string of the molecule is C[C@@H]1CN(S(=O)(=O)c2cccc(C(=O)OCC(=O)NNC(=O)c3ccccc3)c2)C[C@H](C)O1. The molecule has 1 aliphatic rings. The summed E-state index contributed by atoms with van der Waals surface area (Å²) in [7, 11) is -3.84. The van der Waals surface area contributed by atoms with Crippen LogP contribution >= 0.6 is 0 Å². The van der Waals surface area contributed by atoms with Crippen molar-refractivity contribution in [3.8, 4) is 0 Å². The van der Waals surface area contributed by atoms with Crippen LogP contribution in [0.4, 0.5) is 0 Å². The Bertz CT molecular complexity index is 1110. The Morgan fingerprint density at radius 1 is 0.970 bits per heavy atom. The highest BCUT2D eigenvalue weighted by Crippen LogP contribution is 2.22. The second-order valence-electron chi connectivity index (χ2n) is 7.55. The number of nitrogens with one attached hydrogen (secondary N) is 2. The number of nitrogens with zero attached hydrogens (tertiary/aromatic N) is 1. The smallest absolute Gasteiger partial charge is 0.338 e. The number of morpholine rings is 1. The molecule has 0 aromatic heterocycles. The summed E-state index contributed by atoms with van der Waals surface area (Å²) in [5, 5.41) is 0. The Morgan fingerprint density at radius 2 is 1.61 bits per heavy atom. The molecule has 1 fully saturated rings. The van der Waals surface area contributed by atoms with Gasteiger partial charge in [-0.3, -0.25) is 20.4 Å². The molecule has 2 N–H and O–H groups in total. The van der Waals surface area contributed by atoms with Crippen LogP contribution in [0.25, 0.3) is 0 Å². The number of amides is 2. The van der Waals surface area contributed by atoms with Gasteiger partial charge < -0.3 is 9.47 Å². The fourth-order valence-corrected chi connectivity index (χ4v) is 4.94. The zero-order chi connectivity index (χ0) is 24.0. The van der Waals surface area contributed by atoms with Crippen molar-refractivity contribution in [1.82, 2.24) is 15.2 Å². The first-order valence-electron chi connectivity index (χ1n) is 10.2. The first kappa shape index (κ1) is 24.4. The van der Waals surface area contributed by atoms with Crippen molar-refractivity contribution < 1.29 is 32.3 Å². The fourth-order valence-electron chi connectivity index (χ4n) is 3.30. The van der Waals surface area contributed by atoms with Gasteiger partial charge >= 0.3 is 5.97 Å². The zero-order valence-corrected chi connectivity index (χ0v) is 19.0. The molecule has 0 radical (unpaired) electrons. The summed E-state index contributed by atoms with van der Waals surface area (Å²) >= 11 is 0. The Hall–Kier alpha value is -3.28. The van der Waals surface area contributed by atoms with Gasteiger partial charge in [-0.2, -0.15) is 4.31 Å². The molecule has 1 heterocycles. The van der Waals surface area contributed by atoms with Crippen molar-refractivity contribution >= 4 is 27.8 Å². The highest BCUT2D eigenvalue weighted by atomic mass is 32.2. The van der Waals surface area contributed by atoms with E-state index in [9.17, 15) is 22.8 Å². The molecule has 0 bridgehead atoms. The molecular weight excluding hydrogens is 450 g/mol. The van der Waals surface area contributed by atoms with Gasteiger partial charge in [0.2, 0.25) is 10.0 Å². The standard InChI is InChI=1S/C22H25N3O7S/c1-15-12-25(13-16(2)32-15)33(29,30)19-10-6-9-18(11-19)22(28)31-14-20(26)23-24-21(27)17-7-4-3-5-8-17/h3-11,15-16H,12-14H2,1-2H3,(H,23,26)(H,24,27)/t15-,16+. The van der Waals surface area contributed by atoms with E-state index >= 15 is 0 Å². The molecular formula is C22H25N3O7S. The number of carbonyl (C=O) groups is 3. The van der Waals surface area contributed by atoms with Crippen molar-refractivity contribution in [1.29, 1.82) is 0 Å². The molecule has 11 heteroatoms. The quantitative estimate of drug-likeness (QED) is 0.472. The highest BCUT2D eigenvalue weighted by molar-refractivity contribution is 7.89. The van der Waals surface area contributed by atoms with Gasteiger partial charge in [-0.25, -0.2) is 13.2 Å². The predicted octanol–water partition coefficient (Wildman–Crippen LogP) is 1.10. The average molecular weight is 476 g/mol. The minimum atomic E-state index is -3.84. The van der Waals surface area contributed by atoms with Crippen LogP contribution in [-0.2, 0) is 24.3 Å². The number of sulfonamides is 1. The van der Waals surface area contributed by atoms with Crippen LogP contribution in [-0.4, -0.2) is 62.4 Å². The van der Waals surface area contributed by atoms with E-state index in [-0.39, 0.29) is 35.8 Å². The summed E-state index contributed by atoms with van der Waals surface area (Å²) in [6.45, 7) is 3.33. The van der Waals surface area contributed by atoms with E-state index in [1.165, 1.54) is 28.6 Å². The molecule has 1 aliphatic heterocycles. The zero-order valence-electron chi connectivity index (χ0n) is 18.2. The minimum Gasteiger partial charge on any atom is -0.452 e. The third kappa shape index (κ3) is 6.37. The second kappa shape index (κ2) is 10.6. The van der Waals surface area contributed by atoms with Gasteiger partial charge in [-0.05, 0) is 44.2 Å². The molecule has 3 rings (SSSR count). The van der Waals surface area contributed by atoms with Crippen LogP contribution in [0.15, 0.2) is 59.5 Å². The summed E-state index contributed by atoms with van der Waals surface area (Å²) in [4.78, 5) is 36.1. The van der Waals surface area contributed by atoms with Crippen LogP contribution in [0.2, 0.25) is 0 Å². The molecule has 33 heavy (non-hydrogen) atoms. The molecule has 0 spiro atoms. The van der Waals surface area contributed by atoms with Crippen molar-refractivity contribution in [2.45, 2.75) is 31.0 Å². The van der Waals surface area contributed by atoms with Crippen LogP contribution in [0.1, 0.15) is 34.6 Å². The largest absolute Gasteiger partial charge is 0.452 e. The number of rotatable bonds is 6. The lowest BCUT2D eigenvalue weighted by Crippen LogP contribution is -2.48. The number of carbonyl (C=O) groups excluding carboxylic acids is 3. The van der Waals surface area contributed by atoms with Gasteiger partial charge in [0.25, 0.3) is 11.8 Å². The molecule has 0 aliphatic carbocycles.